The second-order valence-corrected chi connectivity index (χ2v) is 4.90. The van der Waals surface area contributed by atoms with Gasteiger partial charge in [-0.05, 0) is 12.5 Å². The third-order valence-electron chi connectivity index (χ3n) is 3.40. The predicted octanol–water partition coefficient (Wildman–Crippen LogP) is 1.17. The van der Waals surface area contributed by atoms with Crippen molar-refractivity contribution in [1.82, 2.24) is 15.3 Å². The number of aromatic carboxylic acids is 1. The Morgan fingerprint density at radius 2 is 2.05 bits per heavy atom. The van der Waals surface area contributed by atoms with Gasteiger partial charge in [0.15, 0.2) is 0 Å². The molecule has 1 heterocycles. The van der Waals surface area contributed by atoms with E-state index in [1.165, 1.54) is 12.5 Å². The monoisotopic (exact) mass is 287 g/mol. The first-order valence-corrected chi connectivity index (χ1v) is 6.50. The second-order valence-electron chi connectivity index (χ2n) is 4.90. The van der Waals surface area contributed by atoms with Gasteiger partial charge in [0.2, 0.25) is 0 Å². The van der Waals surface area contributed by atoms with Crippen molar-refractivity contribution in [2.24, 2.45) is 0 Å². The van der Waals surface area contributed by atoms with E-state index in [4.69, 9.17) is 5.11 Å². The molecular formula is C15H17N3O3. The first-order valence-electron chi connectivity index (χ1n) is 6.50. The Kier molecular flexibility index (Phi) is 4.62. The van der Waals surface area contributed by atoms with Gasteiger partial charge in [0.1, 0.15) is 11.9 Å². The zero-order valence-corrected chi connectivity index (χ0v) is 11.7. The highest BCUT2D eigenvalue weighted by Crippen LogP contribution is 2.20. The van der Waals surface area contributed by atoms with Crippen LogP contribution in [0.1, 0.15) is 28.5 Å². The molecule has 0 aliphatic carbocycles. The topological polar surface area (TPSA) is 95.3 Å². The van der Waals surface area contributed by atoms with E-state index >= 15 is 0 Å². The van der Waals surface area contributed by atoms with Crippen LogP contribution in [0.3, 0.4) is 0 Å². The molecule has 6 nitrogen and oxygen atoms in total. The Morgan fingerprint density at radius 1 is 1.33 bits per heavy atom. The summed E-state index contributed by atoms with van der Waals surface area (Å²) in [6.07, 6.45) is 2.58. The van der Waals surface area contributed by atoms with E-state index in [1.54, 1.807) is 0 Å². The molecule has 1 aromatic carbocycles. The van der Waals surface area contributed by atoms with Crippen molar-refractivity contribution >= 4 is 5.97 Å². The minimum absolute atomic E-state index is 0.0540. The normalized spacial score (nSPS) is 13.6. The number of nitrogens with zero attached hydrogens (tertiary/aromatic N) is 2. The molecular weight excluding hydrogens is 270 g/mol. The first kappa shape index (κ1) is 15.1. The minimum Gasteiger partial charge on any atom is -0.478 e. The molecule has 2 aromatic rings. The van der Waals surface area contributed by atoms with Crippen LogP contribution in [0.15, 0.2) is 42.9 Å². The number of aliphatic hydroxyl groups excluding tert-OH is 1. The zero-order chi connectivity index (χ0) is 15.3. The van der Waals surface area contributed by atoms with Gasteiger partial charge >= 0.3 is 5.97 Å². The Hall–Kier alpha value is -2.31. The predicted molar refractivity (Wildman–Crippen MR) is 76.7 cm³/mol. The number of hydrogen-bond donors (Lipinski definition) is 3. The van der Waals surface area contributed by atoms with Crippen LogP contribution in [-0.2, 0) is 12.1 Å². The lowest BCUT2D eigenvalue weighted by atomic mass is 9.92. The summed E-state index contributed by atoms with van der Waals surface area (Å²) in [5.74, 6) is -1.07. The lowest BCUT2D eigenvalue weighted by molar-refractivity contribution is 0.0694. The first-order chi connectivity index (χ1) is 10.1. The van der Waals surface area contributed by atoms with Crippen molar-refractivity contribution in [1.29, 1.82) is 0 Å². The molecule has 6 heteroatoms. The molecule has 0 amide bonds. The van der Waals surface area contributed by atoms with Crippen LogP contribution >= 0.6 is 0 Å². The molecule has 0 aliphatic heterocycles. The summed E-state index contributed by atoms with van der Waals surface area (Å²) in [5, 5.41) is 22.0. The number of carboxylic acids is 1. The number of hydrogen-bond acceptors (Lipinski definition) is 5. The Bertz CT molecular complexity index is 619. The third kappa shape index (κ3) is 3.42. The van der Waals surface area contributed by atoms with E-state index in [9.17, 15) is 9.90 Å². The van der Waals surface area contributed by atoms with Gasteiger partial charge in [-0.25, -0.2) is 14.8 Å². The summed E-state index contributed by atoms with van der Waals surface area (Å²) in [5.41, 5.74) is 0.673. The molecule has 110 valence electrons. The Morgan fingerprint density at radius 3 is 2.67 bits per heavy atom. The van der Waals surface area contributed by atoms with Crippen molar-refractivity contribution < 1.29 is 15.0 Å². The smallest absolute Gasteiger partial charge is 0.339 e. The number of nitrogens with one attached hydrogen (secondary N) is 1. The summed E-state index contributed by atoms with van der Waals surface area (Å²) in [6, 6.07) is 9.48. The molecule has 1 unspecified atom stereocenters. The number of rotatable bonds is 6. The lowest BCUT2D eigenvalue weighted by Gasteiger charge is -2.29. The average molecular weight is 287 g/mol. The van der Waals surface area contributed by atoms with E-state index in [-0.39, 0.29) is 18.7 Å². The summed E-state index contributed by atoms with van der Waals surface area (Å²) in [4.78, 5) is 18.8. The molecule has 3 N–H and O–H groups in total. The van der Waals surface area contributed by atoms with Crippen LogP contribution in [0, 0.1) is 0 Å². The lowest BCUT2D eigenvalue weighted by Crippen LogP contribution is -2.42. The van der Waals surface area contributed by atoms with E-state index in [1.807, 2.05) is 37.3 Å². The molecule has 1 aromatic heterocycles. The second kappa shape index (κ2) is 6.43. The number of aromatic nitrogens is 2. The number of benzene rings is 1. The van der Waals surface area contributed by atoms with Gasteiger partial charge in [-0.3, -0.25) is 5.32 Å². The van der Waals surface area contributed by atoms with E-state index in [2.05, 4.69) is 15.3 Å². The fraction of sp³-hybridized carbons (Fsp3) is 0.267. The van der Waals surface area contributed by atoms with Gasteiger partial charge in [-0.15, -0.1) is 0 Å². The van der Waals surface area contributed by atoms with Crippen LogP contribution in [0.4, 0.5) is 0 Å². The molecule has 0 fully saturated rings. The zero-order valence-electron chi connectivity index (χ0n) is 11.7. The van der Waals surface area contributed by atoms with E-state index in [0.29, 0.717) is 5.69 Å². The van der Waals surface area contributed by atoms with Gasteiger partial charge < -0.3 is 10.2 Å². The molecule has 1 atom stereocenters. The van der Waals surface area contributed by atoms with Crippen LogP contribution in [-0.4, -0.2) is 32.8 Å². The maximum Gasteiger partial charge on any atom is 0.339 e. The SMILES string of the molecule is CC(CO)(NCc1ncncc1C(=O)O)c1ccccc1. The summed E-state index contributed by atoms with van der Waals surface area (Å²) < 4.78 is 0. The molecule has 21 heavy (non-hydrogen) atoms. The van der Waals surface area contributed by atoms with Gasteiger partial charge in [-0.1, -0.05) is 30.3 Å². The molecule has 0 bridgehead atoms. The maximum absolute atomic E-state index is 11.1. The minimum atomic E-state index is -1.07. The quantitative estimate of drug-likeness (QED) is 0.738. The summed E-state index contributed by atoms with van der Waals surface area (Å²) in [6.45, 7) is 1.95. The highest BCUT2D eigenvalue weighted by Gasteiger charge is 2.25. The van der Waals surface area contributed by atoms with E-state index < -0.39 is 11.5 Å². The van der Waals surface area contributed by atoms with Crippen molar-refractivity contribution in [3.63, 3.8) is 0 Å². The highest BCUT2D eigenvalue weighted by atomic mass is 16.4. The standard InChI is InChI=1S/C15H17N3O3/c1-15(9-19,11-5-3-2-4-6-11)18-8-13-12(14(20)21)7-16-10-17-13/h2-7,10,18-19H,8-9H2,1H3,(H,20,21). The summed E-state index contributed by atoms with van der Waals surface area (Å²) in [7, 11) is 0. The highest BCUT2D eigenvalue weighted by molar-refractivity contribution is 5.88. The van der Waals surface area contributed by atoms with Crippen LogP contribution in [0.5, 0.6) is 0 Å². The Labute approximate surface area is 122 Å². The maximum atomic E-state index is 11.1. The average Bonchev–Trinajstić information content (AvgIpc) is 2.53. The molecule has 2 rings (SSSR count). The van der Waals surface area contributed by atoms with Crippen LogP contribution in [0.2, 0.25) is 0 Å². The number of aliphatic hydroxyl groups is 1. The van der Waals surface area contributed by atoms with Crippen molar-refractivity contribution in [2.45, 2.75) is 19.0 Å². The molecule has 0 saturated heterocycles. The molecule has 0 radical (unpaired) electrons. The Balaban J connectivity index is 2.20. The molecule has 0 saturated carbocycles. The summed E-state index contributed by atoms with van der Waals surface area (Å²) >= 11 is 0. The fourth-order valence-corrected chi connectivity index (χ4v) is 2.01. The van der Waals surface area contributed by atoms with Gasteiger partial charge in [0.25, 0.3) is 0 Å². The van der Waals surface area contributed by atoms with E-state index in [0.717, 1.165) is 5.56 Å². The third-order valence-corrected chi connectivity index (χ3v) is 3.40. The molecule has 0 aliphatic rings. The fourth-order valence-electron chi connectivity index (χ4n) is 2.01. The van der Waals surface area contributed by atoms with Crippen molar-refractivity contribution in [3.05, 3.63) is 59.7 Å². The van der Waals surface area contributed by atoms with Gasteiger partial charge in [-0.2, -0.15) is 0 Å². The van der Waals surface area contributed by atoms with Gasteiger partial charge in [0, 0.05) is 12.7 Å². The van der Waals surface area contributed by atoms with Crippen LogP contribution in [0.25, 0.3) is 0 Å². The molecule has 0 spiro atoms. The number of carboxylic acid groups (broad SMARTS) is 1. The van der Waals surface area contributed by atoms with Gasteiger partial charge in [0.05, 0.1) is 17.8 Å². The van der Waals surface area contributed by atoms with Crippen molar-refractivity contribution in [3.8, 4) is 0 Å². The van der Waals surface area contributed by atoms with Crippen LogP contribution < -0.4 is 5.32 Å². The largest absolute Gasteiger partial charge is 0.478 e. The van der Waals surface area contributed by atoms with Crippen molar-refractivity contribution in [2.75, 3.05) is 6.61 Å². The number of carbonyl (C=O) groups is 1.